The molecule has 0 aliphatic carbocycles. The molecule has 1 N–H and O–H groups in total. The summed E-state index contributed by atoms with van der Waals surface area (Å²) in [5.41, 5.74) is 3.27. The lowest BCUT2D eigenvalue weighted by molar-refractivity contribution is -0.125. The van der Waals surface area contributed by atoms with Crippen LogP contribution in [-0.4, -0.2) is 35.6 Å². The van der Waals surface area contributed by atoms with Crippen molar-refractivity contribution in [3.63, 3.8) is 0 Å². The van der Waals surface area contributed by atoms with Crippen molar-refractivity contribution in [2.75, 3.05) is 24.6 Å². The Labute approximate surface area is 186 Å². The first-order valence-electron chi connectivity index (χ1n) is 11.1. The molecule has 0 spiro atoms. The van der Waals surface area contributed by atoms with E-state index in [1.165, 1.54) is 0 Å². The van der Waals surface area contributed by atoms with Crippen LogP contribution >= 0.6 is 0 Å². The van der Waals surface area contributed by atoms with Crippen LogP contribution in [0.2, 0.25) is 0 Å². The minimum absolute atomic E-state index is 0.0518. The molecule has 0 bridgehead atoms. The first-order valence-corrected chi connectivity index (χ1v) is 11.1. The number of furan rings is 1. The Kier molecular flexibility index (Phi) is 5.62. The zero-order chi connectivity index (χ0) is 21.9. The summed E-state index contributed by atoms with van der Waals surface area (Å²) in [6, 6.07) is 15.7. The van der Waals surface area contributed by atoms with Crippen LogP contribution in [0.15, 0.2) is 59.3 Å². The number of nitrogens with zero attached hydrogens (tertiary/aromatic N) is 3. The molecule has 3 heterocycles. The van der Waals surface area contributed by atoms with Gasteiger partial charge in [0.1, 0.15) is 23.2 Å². The van der Waals surface area contributed by atoms with Crippen molar-refractivity contribution in [1.82, 2.24) is 15.3 Å². The first-order chi connectivity index (χ1) is 15.7. The summed E-state index contributed by atoms with van der Waals surface area (Å²) in [4.78, 5) is 24.1. The molecule has 1 aliphatic heterocycles. The molecule has 1 atom stereocenters. The van der Waals surface area contributed by atoms with Crippen LogP contribution in [0.5, 0.6) is 5.75 Å². The number of carbonyl (C=O) groups is 1. The van der Waals surface area contributed by atoms with Gasteiger partial charge in [-0.25, -0.2) is 9.97 Å². The Balaban J connectivity index is 1.32. The number of anilines is 1. The molecule has 5 rings (SSSR count). The maximum absolute atomic E-state index is 13.0. The molecule has 0 unspecified atom stereocenters. The highest BCUT2D eigenvalue weighted by molar-refractivity contribution is 6.05. The lowest BCUT2D eigenvalue weighted by Crippen LogP contribution is -2.43. The van der Waals surface area contributed by atoms with Gasteiger partial charge in [0, 0.05) is 30.6 Å². The van der Waals surface area contributed by atoms with Gasteiger partial charge in [0.05, 0.1) is 12.5 Å². The van der Waals surface area contributed by atoms with Gasteiger partial charge in [0.25, 0.3) is 0 Å². The minimum Gasteiger partial charge on any atom is -0.494 e. The molecular formula is C25H26N4O3. The molecule has 1 saturated heterocycles. The van der Waals surface area contributed by atoms with Crippen molar-refractivity contribution >= 4 is 33.8 Å². The van der Waals surface area contributed by atoms with Gasteiger partial charge < -0.3 is 19.4 Å². The molecule has 0 radical (unpaired) electrons. The average molecular weight is 431 g/mol. The van der Waals surface area contributed by atoms with Gasteiger partial charge in [0.2, 0.25) is 5.91 Å². The van der Waals surface area contributed by atoms with E-state index in [0.717, 1.165) is 53.0 Å². The quantitative estimate of drug-likeness (QED) is 0.491. The summed E-state index contributed by atoms with van der Waals surface area (Å²) in [6.45, 7) is 4.44. The summed E-state index contributed by atoms with van der Waals surface area (Å²) in [7, 11) is 0. The number of aromatic nitrogens is 2. The van der Waals surface area contributed by atoms with E-state index in [0.29, 0.717) is 25.3 Å². The molecule has 164 valence electrons. The normalized spacial score (nSPS) is 16.4. The van der Waals surface area contributed by atoms with Gasteiger partial charge in [-0.2, -0.15) is 0 Å². The number of rotatable bonds is 6. The fourth-order valence-corrected chi connectivity index (χ4v) is 4.39. The van der Waals surface area contributed by atoms with E-state index in [4.69, 9.17) is 9.15 Å². The number of hydrogen-bond acceptors (Lipinski definition) is 6. The van der Waals surface area contributed by atoms with Crippen molar-refractivity contribution in [3.05, 3.63) is 60.4 Å². The van der Waals surface area contributed by atoms with Gasteiger partial charge in [0.15, 0.2) is 11.4 Å². The predicted molar refractivity (Wildman–Crippen MR) is 124 cm³/mol. The molecule has 0 saturated carbocycles. The standard InChI is InChI=1S/C25H26N4O3/c1-2-31-20-11-5-3-8-17(20)14-26-25(30)18-9-7-13-29(15-18)24-23-22(27-16-28-24)19-10-4-6-12-21(19)32-23/h3-6,8,10-12,16,18H,2,7,9,13-15H2,1H3,(H,26,30)/t18-/m0/s1. The summed E-state index contributed by atoms with van der Waals surface area (Å²) in [5.74, 6) is 1.51. The van der Waals surface area contributed by atoms with Crippen molar-refractivity contribution in [2.24, 2.45) is 5.92 Å². The van der Waals surface area contributed by atoms with Crippen molar-refractivity contribution < 1.29 is 13.9 Å². The van der Waals surface area contributed by atoms with E-state index in [9.17, 15) is 4.79 Å². The van der Waals surface area contributed by atoms with E-state index in [2.05, 4.69) is 20.2 Å². The zero-order valence-electron chi connectivity index (χ0n) is 18.1. The third-order valence-electron chi connectivity index (χ3n) is 5.96. The summed E-state index contributed by atoms with van der Waals surface area (Å²) in [6.07, 6.45) is 3.34. The number of nitrogens with one attached hydrogen (secondary N) is 1. The number of hydrogen-bond donors (Lipinski definition) is 1. The Morgan fingerprint density at radius 3 is 2.94 bits per heavy atom. The minimum atomic E-state index is -0.114. The first kappa shape index (κ1) is 20.3. The number of fused-ring (bicyclic) bond motifs is 3. The molecule has 1 fully saturated rings. The number of ether oxygens (including phenoxy) is 1. The lowest BCUT2D eigenvalue weighted by atomic mass is 9.97. The number of benzene rings is 2. The second kappa shape index (κ2) is 8.86. The van der Waals surface area contributed by atoms with E-state index < -0.39 is 0 Å². The van der Waals surface area contributed by atoms with Crippen LogP contribution in [0.1, 0.15) is 25.3 Å². The Morgan fingerprint density at radius 2 is 2.03 bits per heavy atom. The molecule has 32 heavy (non-hydrogen) atoms. The monoisotopic (exact) mass is 430 g/mol. The Hall–Kier alpha value is -3.61. The SMILES string of the molecule is CCOc1ccccc1CNC(=O)[C@H]1CCCN(c2ncnc3c2oc2ccccc23)C1. The van der Waals surface area contributed by atoms with Crippen molar-refractivity contribution in [3.8, 4) is 5.75 Å². The zero-order valence-corrected chi connectivity index (χ0v) is 18.1. The largest absolute Gasteiger partial charge is 0.494 e. The van der Waals surface area contributed by atoms with E-state index in [-0.39, 0.29) is 11.8 Å². The summed E-state index contributed by atoms with van der Waals surface area (Å²) < 4.78 is 11.8. The van der Waals surface area contributed by atoms with Crippen molar-refractivity contribution in [1.29, 1.82) is 0 Å². The van der Waals surface area contributed by atoms with Crippen LogP contribution in [0.3, 0.4) is 0 Å². The maximum Gasteiger partial charge on any atom is 0.225 e. The van der Waals surface area contributed by atoms with E-state index >= 15 is 0 Å². The summed E-state index contributed by atoms with van der Waals surface area (Å²) >= 11 is 0. The smallest absolute Gasteiger partial charge is 0.225 e. The Bertz CT molecular complexity index is 1250. The molecule has 1 amide bonds. The number of amides is 1. The molecular weight excluding hydrogens is 404 g/mol. The third-order valence-corrected chi connectivity index (χ3v) is 5.96. The van der Waals surface area contributed by atoms with Crippen LogP contribution < -0.4 is 15.0 Å². The fraction of sp³-hybridized carbons (Fsp3) is 0.320. The molecule has 4 aromatic rings. The fourth-order valence-electron chi connectivity index (χ4n) is 4.39. The summed E-state index contributed by atoms with van der Waals surface area (Å²) in [5, 5.41) is 4.07. The molecule has 2 aromatic heterocycles. The number of piperidine rings is 1. The molecule has 7 nitrogen and oxygen atoms in total. The predicted octanol–water partition coefficient (Wildman–Crippen LogP) is 4.31. The molecule has 2 aromatic carbocycles. The maximum atomic E-state index is 13.0. The van der Waals surface area contributed by atoms with Crippen LogP contribution in [0, 0.1) is 5.92 Å². The van der Waals surface area contributed by atoms with Crippen molar-refractivity contribution in [2.45, 2.75) is 26.3 Å². The Morgan fingerprint density at radius 1 is 1.19 bits per heavy atom. The van der Waals surface area contributed by atoms with Crippen LogP contribution in [0.4, 0.5) is 5.82 Å². The van der Waals surface area contributed by atoms with Crippen LogP contribution in [0.25, 0.3) is 22.1 Å². The molecule has 7 heteroatoms. The highest BCUT2D eigenvalue weighted by atomic mass is 16.5. The van der Waals surface area contributed by atoms with Gasteiger partial charge in [-0.05, 0) is 38.0 Å². The average Bonchev–Trinajstić information content (AvgIpc) is 3.22. The second-order valence-electron chi connectivity index (χ2n) is 8.02. The topological polar surface area (TPSA) is 80.5 Å². The lowest BCUT2D eigenvalue weighted by Gasteiger charge is -2.32. The molecule has 1 aliphatic rings. The highest BCUT2D eigenvalue weighted by Gasteiger charge is 2.28. The van der Waals surface area contributed by atoms with Gasteiger partial charge in [-0.3, -0.25) is 4.79 Å². The third kappa shape index (κ3) is 3.86. The van der Waals surface area contributed by atoms with Gasteiger partial charge >= 0.3 is 0 Å². The second-order valence-corrected chi connectivity index (χ2v) is 8.02. The van der Waals surface area contributed by atoms with Gasteiger partial charge in [-0.15, -0.1) is 0 Å². The van der Waals surface area contributed by atoms with E-state index in [1.54, 1.807) is 6.33 Å². The highest BCUT2D eigenvalue weighted by Crippen LogP contribution is 2.33. The number of carbonyl (C=O) groups excluding carboxylic acids is 1. The number of para-hydroxylation sites is 2. The van der Waals surface area contributed by atoms with Gasteiger partial charge in [-0.1, -0.05) is 30.3 Å². The van der Waals surface area contributed by atoms with E-state index in [1.807, 2.05) is 55.5 Å². The van der Waals surface area contributed by atoms with Crippen LogP contribution in [-0.2, 0) is 11.3 Å².